The lowest BCUT2D eigenvalue weighted by atomic mass is 10.2. The molecular formula is C14H18O3. The maximum absolute atomic E-state index is 11.3. The molecule has 0 radical (unpaired) electrons. The third kappa shape index (κ3) is 6.53. The van der Waals surface area contributed by atoms with Crippen LogP contribution >= 0.6 is 0 Å². The maximum Gasteiger partial charge on any atom is 0.346 e. The number of carbonyl (C=O) groups excluding carboxylic acids is 1. The lowest BCUT2D eigenvalue weighted by molar-refractivity contribution is -0.319. The predicted octanol–water partition coefficient (Wildman–Crippen LogP) is 3.36. The maximum atomic E-state index is 11.3. The molecular weight excluding hydrogens is 216 g/mol. The predicted molar refractivity (Wildman–Crippen MR) is 67.0 cm³/mol. The van der Waals surface area contributed by atoms with Crippen LogP contribution in [0.4, 0.5) is 0 Å². The van der Waals surface area contributed by atoms with E-state index in [-0.39, 0.29) is 6.42 Å². The first-order chi connectivity index (χ1) is 7.97. The Kier molecular flexibility index (Phi) is 4.91. The molecule has 1 aromatic rings. The van der Waals surface area contributed by atoms with Crippen LogP contribution in [0.15, 0.2) is 36.4 Å². The molecule has 3 nitrogen and oxygen atoms in total. The van der Waals surface area contributed by atoms with Crippen LogP contribution in [0.5, 0.6) is 0 Å². The fourth-order valence-electron chi connectivity index (χ4n) is 1.06. The summed E-state index contributed by atoms with van der Waals surface area (Å²) in [5.41, 5.74) is 0.579. The molecule has 17 heavy (non-hydrogen) atoms. The molecule has 0 saturated heterocycles. The van der Waals surface area contributed by atoms with Crippen LogP contribution in [0.1, 0.15) is 32.8 Å². The standard InChI is InChI=1S/C14H18O3/c1-14(2,3)17-16-13(15)11-7-10-12-8-5-4-6-9-12/h4-10H,11H2,1-3H3/b10-7+. The average Bonchev–Trinajstić information content (AvgIpc) is 2.27. The molecule has 1 aromatic carbocycles. The zero-order chi connectivity index (χ0) is 12.7. The number of hydrogen-bond acceptors (Lipinski definition) is 3. The van der Waals surface area contributed by atoms with Crippen molar-refractivity contribution in [2.24, 2.45) is 0 Å². The molecule has 1 rings (SSSR count). The molecule has 0 atom stereocenters. The van der Waals surface area contributed by atoms with Gasteiger partial charge in [0.05, 0.1) is 6.42 Å². The van der Waals surface area contributed by atoms with Gasteiger partial charge in [0.25, 0.3) is 0 Å². The Labute approximate surface area is 102 Å². The molecule has 0 aliphatic rings. The molecule has 0 bridgehead atoms. The number of hydrogen-bond donors (Lipinski definition) is 0. The molecule has 0 unspecified atom stereocenters. The van der Waals surface area contributed by atoms with Gasteiger partial charge in [0.15, 0.2) is 0 Å². The second-order valence-corrected chi connectivity index (χ2v) is 4.67. The normalized spacial score (nSPS) is 11.7. The molecule has 92 valence electrons. The van der Waals surface area contributed by atoms with Crippen LogP contribution in [0.3, 0.4) is 0 Å². The Morgan fingerprint density at radius 3 is 2.47 bits per heavy atom. The Balaban J connectivity index is 2.31. The van der Waals surface area contributed by atoms with E-state index >= 15 is 0 Å². The molecule has 0 spiro atoms. The van der Waals surface area contributed by atoms with Crippen molar-refractivity contribution < 1.29 is 14.6 Å². The van der Waals surface area contributed by atoms with Gasteiger partial charge in [0.2, 0.25) is 0 Å². The summed E-state index contributed by atoms with van der Waals surface area (Å²) in [5, 5.41) is 0. The van der Waals surface area contributed by atoms with Gasteiger partial charge < -0.3 is 0 Å². The highest BCUT2D eigenvalue weighted by molar-refractivity contribution is 5.72. The van der Waals surface area contributed by atoms with Crippen molar-refractivity contribution in [2.75, 3.05) is 0 Å². The van der Waals surface area contributed by atoms with E-state index in [2.05, 4.69) is 4.89 Å². The van der Waals surface area contributed by atoms with Crippen LogP contribution in [0.25, 0.3) is 6.08 Å². The van der Waals surface area contributed by atoms with Gasteiger partial charge in [-0.3, -0.25) is 4.89 Å². The fourth-order valence-corrected chi connectivity index (χ4v) is 1.06. The van der Waals surface area contributed by atoms with Crippen molar-refractivity contribution >= 4 is 12.0 Å². The third-order valence-electron chi connectivity index (χ3n) is 1.78. The summed E-state index contributed by atoms with van der Waals surface area (Å²) in [6.45, 7) is 5.46. The molecule has 0 aromatic heterocycles. The summed E-state index contributed by atoms with van der Waals surface area (Å²) in [6, 6.07) is 9.77. The molecule has 0 N–H and O–H groups in total. The van der Waals surface area contributed by atoms with Crippen LogP contribution in [-0.2, 0) is 14.6 Å². The van der Waals surface area contributed by atoms with E-state index in [1.165, 1.54) is 0 Å². The lowest BCUT2D eigenvalue weighted by Crippen LogP contribution is -2.21. The van der Waals surface area contributed by atoms with E-state index in [1.807, 2.05) is 57.2 Å². The number of rotatable bonds is 4. The zero-order valence-electron chi connectivity index (χ0n) is 10.5. The quantitative estimate of drug-likeness (QED) is 0.592. The van der Waals surface area contributed by atoms with Crippen LogP contribution < -0.4 is 0 Å². The van der Waals surface area contributed by atoms with Crippen molar-refractivity contribution in [3.8, 4) is 0 Å². The second kappa shape index (κ2) is 6.21. The average molecular weight is 234 g/mol. The first-order valence-corrected chi connectivity index (χ1v) is 5.57. The topological polar surface area (TPSA) is 35.5 Å². The van der Waals surface area contributed by atoms with Crippen LogP contribution in [0.2, 0.25) is 0 Å². The number of benzene rings is 1. The first-order valence-electron chi connectivity index (χ1n) is 5.57. The van der Waals surface area contributed by atoms with Gasteiger partial charge in [-0.25, -0.2) is 4.79 Å². The molecule has 0 amide bonds. The summed E-state index contributed by atoms with van der Waals surface area (Å²) >= 11 is 0. The molecule has 0 fully saturated rings. The van der Waals surface area contributed by atoms with E-state index in [4.69, 9.17) is 4.89 Å². The minimum atomic E-state index is -0.473. The fraction of sp³-hybridized carbons (Fsp3) is 0.357. The van der Waals surface area contributed by atoms with Gasteiger partial charge >= 0.3 is 5.97 Å². The van der Waals surface area contributed by atoms with E-state index in [0.29, 0.717) is 0 Å². The highest BCUT2D eigenvalue weighted by atomic mass is 17.2. The molecule has 0 aliphatic heterocycles. The number of carbonyl (C=O) groups is 1. The van der Waals surface area contributed by atoms with Crippen molar-refractivity contribution in [1.29, 1.82) is 0 Å². The molecule has 0 aliphatic carbocycles. The van der Waals surface area contributed by atoms with Gasteiger partial charge in [0, 0.05) is 0 Å². The third-order valence-corrected chi connectivity index (χ3v) is 1.78. The van der Waals surface area contributed by atoms with Crippen molar-refractivity contribution in [1.82, 2.24) is 0 Å². The SMILES string of the molecule is CC(C)(C)OOC(=O)C/C=C/c1ccccc1. The van der Waals surface area contributed by atoms with Crippen LogP contribution in [-0.4, -0.2) is 11.6 Å². The zero-order valence-corrected chi connectivity index (χ0v) is 10.5. The highest BCUT2D eigenvalue weighted by Crippen LogP contribution is 2.08. The minimum Gasteiger partial charge on any atom is -0.297 e. The van der Waals surface area contributed by atoms with Gasteiger partial charge in [-0.05, 0) is 26.3 Å². The molecule has 3 heteroatoms. The van der Waals surface area contributed by atoms with Gasteiger partial charge in [-0.15, -0.1) is 0 Å². The van der Waals surface area contributed by atoms with E-state index < -0.39 is 11.6 Å². The Morgan fingerprint density at radius 2 is 1.88 bits per heavy atom. The summed E-state index contributed by atoms with van der Waals surface area (Å²) in [7, 11) is 0. The Hall–Kier alpha value is -1.61. The largest absolute Gasteiger partial charge is 0.346 e. The smallest absolute Gasteiger partial charge is 0.297 e. The molecule has 0 saturated carbocycles. The second-order valence-electron chi connectivity index (χ2n) is 4.67. The summed E-state index contributed by atoms with van der Waals surface area (Å²) in [6.07, 6.45) is 3.83. The Bertz CT molecular complexity index is 374. The van der Waals surface area contributed by atoms with Crippen molar-refractivity contribution in [3.63, 3.8) is 0 Å². The van der Waals surface area contributed by atoms with Gasteiger partial charge in [-0.2, -0.15) is 4.89 Å². The minimum absolute atomic E-state index is 0.199. The van der Waals surface area contributed by atoms with Crippen molar-refractivity contribution in [3.05, 3.63) is 42.0 Å². The van der Waals surface area contributed by atoms with Crippen molar-refractivity contribution in [2.45, 2.75) is 32.8 Å². The highest BCUT2D eigenvalue weighted by Gasteiger charge is 2.14. The first kappa shape index (κ1) is 13.5. The van der Waals surface area contributed by atoms with E-state index in [1.54, 1.807) is 6.08 Å². The van der Waals surface area contributed by atoms with E-state index in [9.17, 15) is 4.79 Å². The molecule has 0 heterocycles. The Morgan fingerprint density at radius 1 is 1.24 bits per heavy atom. The van der Waals surface area contributed by atoms with Gasteiger partial charge in [-0.1, -0.05) is 42.5 Å². The monoisotopic (exact) mass is 234 g/mol. The van der Waals surface area contributed by atoms with Crippen LogP contribution in [0, 0.1) is 0 Å². The van der Waals surface area contributed by atoms with E-state index in [0.717, 1.165) is 5.56 Å². The summed E-state index contributed by atoms with van der Waals surface area (Å²) < 4.78 is 0. The summed E-state index contributed by atoms with van der Waals surface area (Å²) in [4.78, 5) is 20.8. The lowest BCUT2D eigenvalue weighted by Gasteiger charge is -2.16. The summed E-state index contributed by atoms with van der Waals surface area (Å²) in [5.74, 6) is -0.396. The van der Waals surface area contributed by atoms with Gasteiger partial charge in [0.1, 0.15) is 5.60 Å².